The Bertz CT molecular complexity index is 596. The SMILES string of the molecule is CC1(C)CC2(C)c3cc(C(C)(C)C)ccc3N(N)C2(C)C1. The van der Waals surface area contributed by atoms with E-state index in [0.717, 1.165) is 6.42 Å². The van der Waals surface area contributed by atoms with Gasteiger partial charge in [0.2, 0.25) is 0 Å². The molecule has 2 N–H and O–H groups in total. The van der Waals surface area contributed by atoms with Gasteiger partial charge in [0.15, 0.2) is 0 Å². The Kier molecular flexibility index (Phi) is 2.72. The Balaban J connectivity index is 2.20. The van der Waals surface area contributed by atoms with Gasteiger partial charge in [-0.2, -0.15) is 0 Å². The summed E-state index contributed by atoms with van der Waals surface area (Å²) in [5, 5.41) is 2.06. The van der Waals surface area contributed by atoms with Gasteiger partial charge in [-0.25, -0.2) is 5.84 Å². The minimum Gasteiger partial charge on any atom is -0.304 e. The standard InChI is InChI=1S/C19H30N2/c1-16(2,3)13-8-9-15-14(10-13)18(6)11-17(4,5)12-19(18,7)21(15)20/h8-10H,11-12,20H2,1-7H3. The fourth-order valence-electron chi connectivity index (χ4n) is 4.99. The number of hydrogen-bond acceptors (Lipinski definition) is 2. The molecule has 1 aliphatic heterocycles. The number of nitrogens with zero attached hydrogens (tertiary/aromatic N) is 1. The number of fused-ring (bicyclic) bond motifs is 3. The summed E-state index contributed by atoms with van der Waals surface area (Å²) in [7, 11) is 0. The lowest BCUT2D eigenvalue weighted by Crippen LogP contribution is -2.54. The fraction of sp³-hybridized carbons (Fsp3) is 0.684. The summed E-state index contributed by atoms with van der Waals surface area (Å²) in [6.45, 7) is 16.4. The summed E-state index contributed by atoms with van der Waals surface area (Å²) >= 11 is 0. The molecule has 0 spiro atoms. The highest BCUT2D eigenvalue weighted by Gasteiger charge is 2.63. The number of hydrogen-bond donors (Lipinski definition) is 1. The lowest BCUT2D eigenvalue weighted by molar-refractivity contribution is 0.312. The van der Waals surface area contributed by atoms with E-state index in [0.29, 0.717) is 5.41 Å². The summed E-state index contributed by atoms with van der Waals surface area (Å²) in [5.41, 5.74) is 4.77. The van der Waals surface area contributed by atoms with Crippen LogP contribution >= 0.6 is 0 Å². The summed E-state index contributed by atoms with van der Waals surface area (Å²) in [5.74, 6) is 6.56. The molecule has 2 heteroatoms. The molecule has 0 radical (unpaired) electrons. The third kappa shape index (κ3) is 1.81. The Labute approximate surface area is 129 Å². The molecule has 1 fully saturated rings. The summed E-state index contributed by atoms with van der Waals surface area (Å²) < 4.78 is 0. The second-order valence-electron chi connectivity index (χ2n) is 9.48. The van der Waals surface area contributed by atoms with Gasteiger partial charge in [-0.15, -0.1) is 0 Å². The maximum Gasteiger partial charge on any atom is 0.0633 e. The van der Waals surface area contributed by atoms with Gasteiger partial charge in [-0.3, -0.25) is 0 Å². The van der Waals surface area contributed by atoms with E-state index in [9.17, 15) is 0 Å². The van der Waals surface area contributed by atoms with Crippen molar-refractivity contribution in [1.82, 2.24) is 0 Å². The highest BCUT2D eigenvalue weighted by Crippen LogP contribution is 2.64. The molecule has 2 aliphatic rings. The molecule has 21 heavy (non-hydrogen) atoms. The van der Waals surface area contributed by atoms with Crippen LogP contribution in [0.2, 0.25) is 0 Å². The highest BCUT2D eigenvalue weighted by molar-refractivity contribution is 5.68. The Hall–Kier alpha value is -1.02. The minimum absolute atomic E-state index is 0.0232. The van der Waals surface area contributed by atoms with E-state index < -0.39 is 0 Å². The number of anilines is 1. The third-order valence-corrected chi connectivity index (χ3v) is 6.09. The average Bonchev–Trinajstić information content (AvgIpc) is 2.61. The lowest BCUT2D eigenvalue weighted by atomic mass is 9.71. The molecule has 2 unspecified atom stereocenters. The van der Waals surface area contributed by atoms with Gasteiger partial charge in [-0.05, 0) is 47.8 Å². The molecular weight excluding hydrogens is 256 g/mol. The first-order chi connectivity index (χ1) is 9.41. The van der Waals surface area contributed by atoms with Crippen LogP contribution < -0.4 is 10.9 Å². The molecule has 0 bridgehead atoms. The predicted molar refractivity (Wildman–Crippen MR) is 90.6 cm³/mol. The maximum atomic E-state index is 6.56. The predicted octanol–water partition coefficient (Wildman–Crippen LogP) is 4.51. The van der Waals surface area contributed by atoms with Crippen LogP contribution in [0.3, 0.4) is 0 Å². The second kappa shape index (κ2) is 3.84. The van der Waals surface area contributed by atoms with Crippen molar-refractivity contribution in [1.29, 1.82) is 0 Å². The van der Waals surface area contributed by atoms with Crippen molar-refractivity contribution in [2.45, 2.75) is 77.7 Å². The van der Waals surface area contributed by atoms with E-state index in [1.807, 2.05) is 0 Å². The fourth-order valence-corrected chi connectivity index (χ4v) is 4.99. The molecule has 2 nitrogen and oxygen atoms in total. The van der Waals surface area contributed by atoms with Crippen molar-refractivity contribution in [3.63, 3.8) is 0 Å². The number of hydrazine groups is 1. The Morgan fingerprint density at radius 3 is 2.24 bits per heavy atom. The second-order valence-corrected chi connectivity index (χ2v) is 9.48. The molecular formula is C19H30N2. The lowest BCUT2D eigenvalue weighted by Gasteiger charge is -2.39. The Morgan fingerprint density at radius 1 is 1.05 bits per heavy atom. The van der Waals surface area contributed by atoms with Crippen LogP contribution in [0.5, 0.6) is 0 Å². The van der Waals surface area contributed by atoms with Gasteiger partial charge in [-0.1, -0.05) is 53.7 Å². The van der Waals surface area contributed by atoms with E-state index in [2.05, 4.69) is 71.7 Å². The van der Waals surface area contributed by atoms with Gasteiger partial charge in [0, 0.05) is 5.41 Å². The molecule has 116 valence electrons. The molecule has 3 rings (SSSR count). The summed E-state index contributed by atoms with van der Waals surface area (Å²) in [4.78, 5) is 0. The molecule has 1 aliphatic carbocycles. The van der Waals surface area contributed by atoms with Crippen molar-refractivity contribution in [2.75, 3.05) is 5.01 Å². The number of nitrogens with two attached hydrogens (primary N) is 1. The molecule has 2 atom stereocenters. The molecule has 1 aromatic rings. The molecule has 0 aromatic heterocycles. The normalized spacial score (nSPS) is 34.0. The van der Waals surface area contributed by atoms with Crippen LogP contribution in [-0.4, -0.2) is 5.54 Å². The van der Waals surface area contributed by atoms with E-state index in [1.54, 1.807) is 0 Å². The summed E-state index contributed by atoms with van der Waals surface area (Å²) in [6, 6.07) is 6.90. The largest absolute Gasteiger partial charge is 0.304 e. The maximum absolute atomic E-state index is 6.56. The van der Waals surface area contributed by atoms with Gasteiger partial charge in [0.1, 0.15) is 0 Å². The third-order valence-electron chi connectivity index (χ3n) is 6.09. The van der Waals surface area contributed by atoms with Crippen LogP contribution in [0.1, 0.15) is 72.4 Å². The molecule has 1 heterocycles. The van der Waals surface area contributed by atoms with Gasteiger partial charge in [0.25, 0.3) is 0 Å². The van der Waals surface area contributed by atoms with Gasteiger partial charge < -0.3 is 5.01 Å². The van der Waals surface area contributed by atoms with Crippen LogP contribution in [0, 0.1) is 5.41 Å². The van der Waals surface area contributed by atoms with Crippen LogP contribution in [0.15, 0.2) is 18.2 Å². The Morgan fingerprint density at radius 2 is 1.67 bits per heavy atom. The van der Waals surface area contributed by atoms with E-state index in [1.165, 1.54) is 23.2 Å². The zero-order chi connectivity index (χ0) is 15.8. The molecule has 1 aromatic carbocycles. The van der Waals surface area contributed by atoms with Crippen molar-refractivity contribution in [2.24, 2.45) is 11.3 Å². The monoisotopic (exact) mass is 286 g/mol. The smallest absolute Gasteiger partial charge is 0.0633 e. The molecule has 0 amide bonds. The number of benzene rings is 1. The van der Waals surface area contributed by atoms with Crippen molar-refractivity contribution >= 4 is 5.69 Å². The van der Waals surface area contributed by atoms with Crippen molar-refractivity contribution in [3.05, 3.63) is 29.3 Å². The van der Waals surface area contributed by atoms with Crippen molar-refractivity contribution in [3.8, 4) is 0 Å². The number of rotatable bonds is 0. The summed E-state index contributed by atoms with van der Waals surface area (Å²) in [6.07, 6.45) is 2.34. The van der Waals surface area contributed by atoms with E-state index in [4.69, 9.17) is 5.84 Å². The first-order valence-corrected chi connectivity index (χ1v) is 8.11. The topological polar surface area (TPSA) is 29.3 Å². The zero-order valence-corrected chi connectivity index (χ0v) is 14.7. The quantitative estimate of drug-likeness (QED) is 0.711. The van der Waals surface area contributed by atoms with E-state index in [-0.39, 0.29) is 16.4 Å². The first kappa shape index (κ1) is 14.9. The van der Waals surface area contributed by atoms with Gasteiger partial charge >= 0.3 is 0 Å². The minimum atomic E-state index is 0.0232. The van der Waals surface area contributed by atoms with Gasteiger partial charge in [0.05, 0.1) is 11.2 Å². The van der Waals surface area contributed by atoms with Crippen LogP contribution in [-0.2, 0) is 10.8 Å². The molecule has 1 saturated carbocycles. The van der Waals surface area contributed by atoms with Crippen molar-refractivity contribution < 1.29 is 0 Å². The van der Waals surface area contributed by atoms with Crippen LogP contribution in [0.4, 0.5) is 5.69 Å². The van der Waals surface area contributed by atoms with E-state index >= 15 is 0 Å². The zero-order valence-electron chi connectivity index (χ0n) is 14.7. The van der Waals surface area contributed by atoms with Crippen LogP contribution in [0.25, 0.3) is 0 Å². The first-order valence-electron chi connectivity index (χ1n) is 8.11. The average molecular weight is 286 g/mol. The molecule has 0 saturated heterocycles. The highest BCUT2D eigenvalue weighted by atomic mass is 15.5.